The molecule has 1 aliphatic heterocycles. The van der Waals surface area contributed by atoms with Gasteiger partial charge in [-0.1, -0.05) is 67.8 Å². The summed E-state index contributed by atoms with van der Waals surface area (Å²) in [7, 11) is 0. The van der Waals surface area contributed by atoms with Gasteiger partial charge < -0.3 is 10.2 Å². The summed E-state index contributed by atoms with van der Waals surface area (Å²) in [4.78, 5) is 43.6. The molecule has 36 heavy (non-hydrogen) atoms. The Bertz CT molecular complexity index is 1310. The van der Waals surface area contributed by atoms with E-state index in [-0.39, 0.29) is 30.3 Å². The molecule has 1 N–H and O–H groups in total. The Morgan fingerprint density at radius 2 is 1.72 bits per heavy atom. The molecule has 5 rings (SSSR count). The van der Waals surface area contributed by atoms with E-state index in [9.17, 15) is 14.4 Å². The third-order valence-corrected chi connectivity index (χ3v) is 7.66. The number of anilines is 1. The fourth-order valence-electron chi connectivity index (χ4n) is 5.48. The van der Waals surface area contributed by atoms with Crippen LogP contribution in [0.15, 0.2) is 60.7 Å². The lowest BCUT2D eigenvalue weighted by molar-refractivity contribution is -0.139. The molecule has 3 aromatic carbocycles. The zero-order valence-corrected chi connectivity index (χ0v) is 21.0. The largest absolute Gasteiger partial charge is 0.352 e. The number of nitrogens with one attached hydrogen (secondary N) is 1. The van der Waals surface area contributed by atoms with Crippen molar-refractivity contribution in [3.05, 3.63) is 77.4 Å². The van der Waals surface area contributed by atoms with E-state index in [1.807, 2.05) is 67.6 Å². The van der Waals surface area contributed by atoms with Gasteiger partial charge in [-0.05, 0) is 55.3 Å². The second kappa shape index (κ2) is 10.1. The molecule has 0 aromatic heterocycles. The van der Waals surface area contributed by atoms with Gasteiger partial charge in [0, 0.05) is 23.5 Å². The Labute approximate surface area is 212 Å². The van der Waals surface area contributed by atoms with E-state index in [2.05, 4.69) is 5.32 Å². The molecule has 186 valence electrons. The molecular formula is C30H33N3O3. The van der Waals surface area contributed by atoms with E-state index in [1.165, 1.54) is 6.42 Å². The molecule has 0 bridgehead atoms. The van der Waals surface area contributed by atoms with Crippen molar-refractivity contribution in [2.45, 2.75) is 64.6 Å². The van der Waals surface area contributed by atoms with Crippen LogP contribution in [0.4, 0.5) is 5.69 Å². The highest BCUT2D eigenvalue weighted by atomic mass is 16.2. The van der Waals surface area contributed by atoms with Crippen molar-refractivity contribution in [1.82, 2.24) is 10.2 Å². The SMILES string of the molecule is Cc1ccccc1CN(C(=O)CN1C(=O)c2cccc3cccc1c23)[C@@H](C)C(=O)NC1CCCCC1. The Morgan fingerprint density at radius 3 is 2.47 bits per heavy atom. The van der Waals surface area contributed by atoms with Gasteiger partial charge in [-0.25, -0.2) is 0 Å². The van der Waals surface area contributed by atoms with Gasteiger partial charge in [-0.2, -0.15) is 0 Å². The number of carbonyl (C=O) groups is 3. The van der Waals surface area contributed by atoms with Crippen LogP contribution in [-0.2, 0) is 16.1 Å². The molecule has 0 saturated heterocycles. The summed E-state index contributed by atoms with van der Waals surface area (Å²) in [6.45, 7) is 3.99. The molecule has 0 radical (unpaired) electrons. The fraction of sp³-hybridized carbons (Fsp3) is 0.367. The molecule has 6 nitrogen and oxygen atoms in total. The minimum absolute atomic E-state index is 0.112. The van der Waals surface area contributed by atoms with Crippen LogP contribution in [0.3, 0.4) is 0 Å². The van der Waals surface area contributed by atoms with E-state index in [1.54, 1.807) is 16.7 Å². The summed E-state index contributed by atoms with van der Waals surface area (Å²) in [5.74, 6) is -0.560. The summed E-state index contributed by atoms with van der Waals surface area (Å²) in [6.07, 6.45) is 5.41. The topological polar surface area (TPSA) is 69.7 Å². The molecular weight excluding hydrogens is 450 g/mol. The van der Waals surface area contributed by atoms with Crippen LogP contribution in [0.25, 0.3) is 10.8 Å². The zero-order valence-electron chi connectivity index (χ0n) is 21.0. The number of amides is 3. The van der Waals surface area contributed by atoms with Crippen molar-refractivity contribution in [3.8, 4) is 0 Å². The first kappa shape index (κ1) is 24.0. The van der Waals surface area contributed by atoms with Crippen LogP contribution >= 0.6 is 0 Å². The average Bonchev–Trinajstić information content (AvgIpc) is 3.16. The molecule has 1 fully saturated rings. The smallest absolute Gasteiger partial charge is 0.259 e. The lowest BCUT2D eigenvalue weighted by Crippen LogP contribution is -2.52. The summed E-state index contributed by atoms with van der Waals surface area (Å²) < 4.78 is 0. The van der Waals surface area contributed by atoms with Crippen molar-refractivity contribution in [2.75, 3.05) is 11.4 Å². The fourth-order valence-corrected chi connectivity index (χ4v) is 5.48. The second-order valence-corrected chi connectivity index (χ2v) is 10.0. The lowest BCUT2D eigenvalue weighted by atomic mass is 9.95. The number of nitrogens with zero attached hydrogens (tertiary/aromatic N) is 2. The van der Waals surface area contributed by atoms with Crippen molar-refractivity contribution >= 4 is 34.2 Å². The molecule has 6 heteroatoms. The minimum Gasteiger partial charge on any atom is -0.352 e. The third-order valence-electron chi connectivity index (χ3n) is 7.66. The summed E-state index contributed by atoms with van der Waals surface area (Å²) in [5.41, 5.74) is 3.41. The van der Waals surface area contributed by atoms with Crippen LogP contribution in [0.1, 0.15) is 60.5 Å². The molecule has 0 unspecified atom stereocenters. The molecule has 1 aliphatic carbocycles. The number of hydrogen-bond donors (Lipinski definition) is 1. The van der Waals surface area contributed by atoms with Gasteiger partial charge in [-0.15, -0.1) is 0 Å². The molecule has 1 heterocycles. The second-order valence-electron chi connectivity index (χ2n) is 10.0. The van der Waals surface area contributed by atoms with E-state index >= 15 is 0 Å². The van der Waals surface area contributed by atoms with Gasteiger partial charge in [-0.3, -0.25) is 19.3 Å². The van der Waals surface area contributed by atoms with Crippen molar-refractivity contribution in [1.29, 1.82) is 0 Å². The highest BCUT2D eigenvalue weighted by molar-refractivity contribution is 6.26. The minimum atomic E-state index is -0.657. The first-order valence-electron chi connectivity index (χ1n) is 12.9. The van der Waals surface area contributed by atoms with Crippen LogP contribution in [0, 0.1) is 6.92 Å². The lowest BCUT2D eigenvalue weighted by Gasteiger charge is -2.32. The Kier molecular flexibility index (Phi) is 6.77. The predicted molar refractivity (Wildman–Crippen MR) is 142 cm³/mol. The molecule has 3 aromatic rings. The van der Waals surface area contributed by atoms with Crippen LogP contribution in [0.5, 0.6) is 0 Å². The van der Waals surface area contributed by atoms with Gasteiger partial charge in [0.05, 0.1) is 5.69 Å². The van der Waals surface area contributed by atoms with Crippen molar-refractivity contribution in [3.63, 3.8) is 0 Å². The third kappa shape index (κ3) is 4.60. The first-order valence-corrected chi connectivity index (χ1v) is 12.9. The highest BCUT2D eigenvalue weighted by Crippen LogP contribution is 2.37. The van der Waals surface area contributed by atoms with Gasteiger partial charge in [0.25, 0.3) is 5.91 Å². The van der Waals surface area contributed by atoms with Gasteiger partial charge in [0.1, 0.15) is 12.6 Å². The Morgan fingerprint density at radius 1 is 1.00 bits per heavy atom. The number of hydrogen-bond acceptors (Lipinski definition) is 3. The normalized spacial score (nSPS) is 16.3. The quantitative estimate of drug-likeness (QED) is 0.516. The maximum atomic E-state index is 13.8. The monoisotopic (exact) mass is 483 g/mol. The summed E-state index contributed by atoms with van der Waals surface area (Å²) >= 11 is 0. The van der Waals surface area contributed by atoms with E-state index < -0.39 is 6.04 Å². The number of benzene rings is 3. The van der Waals surface area contributed by atoms with Crippen LogP contribution < -0.4 is 10.2 Å². The molecule has 1 atom stereocenters. The van der Waals surface area contributed by atoms with Gasteiger partial charge >= 0.3 is 0 Å². The van der Waals surface area contributed by atoms with Gasteiger partial charge in [0.2, 0.25) is 11.8 Å². The van der Waals surface area contributed by atoms with Crippen molar-refractivity contribution < 1.29 is 14.4 Å². The average molecular weight is 484 g/mol. The van der Waals surface area contributed by atoms with E-state index in [0.29, 0.717) is 12.1 Å². The maximum absolute atomic E-state index is 13.8. The van der Waals surface area contributed by atoms with Crippen molar-refractivity contribution in [2.24, 2.45) is 0 Å². The van der Waals surface area contributed by atoms with Crippen LogP contribution in [0.2, 0.25) is 0 Å². The standard InChI is InChI=1S/C30H33N3O3/c1-20-10-6-7-11-23(20)18-32(21(2)29(35)31-24-14-4-3-5-15-24)27(34)19-33-26-17-9-13-22-12-8-16-25(28(22)26)30(33)36/h6-13,16-17,21,24H,3-5,14-15,18-19H2,1-2H3,(H,31,35)/t21-/m0/s1. The van der Waals surface area contributed by atoms with Gasteiger partial charge in [0.15, 0.2) is 0 Å². The number of carbonyl (C=O) groups excluding carboxylic acids is 3. The maximum Gasteiger partial charge on any atom is 0.259 e. The molecule has 2 aliphatic rings. The summed E-state index contributed by atoms with van der Waals surface area (Å²) in [6, 6.07) is 18.8. The molecule has 3 amide bonds. The molecule has 0 spiro atoms. The van der Waals surface area contributed by atoms with Crippen LogP contribution in [-0.4, -0.2) is 41.2 Å². The zero-order chi connectivity index (χ0) is 25.2. The summed E-state index contributed by atoms with van der Waals surface area (Å²) in [5, 5.41) is 5.03. The highest BCUT2D eigenvalue weighted by Gasteiger charge is 2.34. The Hall–Kier alpha value is -3.67. The number of rotatable bonds is 7. The van der Waals surface area contributed by atoms with E-state index in [4.69, 9.17) is 0 Å². The molecule has 1 saturated carbocycles. The van der Waals surface area contributed by atoms with E-state index in [0.717, 1.165) is 53.3 Å². The number of aryl methyl sites for hydroxylation is 1. The predicted octanol–water partition coefficient (Wildman–Crippen LogP) is 4.97. The Balaban J connectivity index is 1.40. The first-order chi connectivity index (χ1) is 17.4.